The maximum atomic E-state index is 6.02. The van der Waals surface area contributed by atoms with Crippen LogP contribution in [-0.2, 0) is 0 Å². The van der Waals surface area contributed by atoms with Gasteiger partial charge in [-0.05, 0) is 68.2 Å². The Labute approximate surface area is 148 Å². The Kier molecular flexibility index (Phi) is 7.96. The number of hydrogen-bond donors (Lipinski definition) is 0. The lowest BCUT2D eigenvalue weighted by Gasteiger charge is -2.21. The molecule has 0 saturated carbocycles. The van der Waals surface area contributed by atoms with Crippen LogP contribution in [0.1, 0.15) is 77.2 Å². The molecule has 2 atom stereocenters. The SMILES string of the molecule is CC#CC(CC)c1ccc(OCC2=CC(CCCC)CCC2)cc1. The number of allylic oxidation sites excluding steroid dienone is 1. The second kappa shape index (κ2) is 10.2. The summed E-state index contributed by atoms with van der Waals surface area (Å²) in [5.74, 6) is 8.38. The molecule has 0 radical (unpaired) electrons. The molecule has 0 aliphatic heterocycles. The molecular formula is C23H32O. The Balaban J connectivity index is 1.89. The van der Waals surface area contributed by atoms with Gasteiger partial charge < -0.3 is 4.74 Å². The van der Waals surface area contributed by atoms with Crippen molar-refractivity contribution in [3.63, 3.8) is 0 Å². The van der Waals surface area contributed by atoms with E-state index in [0.29, 0.717) is 5.92 Å². The van der Waals surface area contributed by atoms with E-state index in [2.05, 4.69) is 56.0 Å². The minimum atomic E-state index is 0.337. The van der Waals surface area contributed by atoms with E-state index in [1.165, 1.54) is 49.7 Å². The molecule has 0 fully saturated rings. The van der Waals surface area contributed by atoms with Gasteiger partial charge in [0.15, 0.2) is 0 Å². The van der Waals surface area contributed by atoms with Crippen LogP contribution in [0.15, 0.2) is 35.9 Å². The molecule has 0 N–H and O–H groups in total. The molecule has 0 spiro atoms. The van der Waals surface area contributed by atoms with Crippen LogP contribution in [-0.4, -0.2) is 6.61 Å². The van der Waals surface area contributed by atoms with E-state index < -0.39 is 0 Å². The summed E-state index contributed by atoms with van der Waals surface area (Å²) in [7, 11) is 0. The maximum absolute atomic E-state index is 6.02. The van der Waals surface area contributed by atoms with Gasteiger partial charge in [0, 0.05) is 5.92 Å². The Bertz CT molecular complexity index is 570. The van der Waals surface area contributed by atoms with E-state index in [0.717, 1.165) is 24.7 Å². The lowest BCUT2D eigenvalue weighted by Crippen LogP contribution is -2.10. The second-order valence-corrected chi connectivity index (χ2v) is 6.83. The largest absolute Gasteiger partial charge is 0.489 e. The third-order valence-corrected chi connectivity index (χ3v) is 4.91. The summed E-state index contributed by atoms with van der Waals surface area (Å²) < 4.78 is 6.02. The maximum Gasteiger partial charge on any atom is 0.119 e. The van der Waals surface area contributed by atoms with Crippen molar-refractivity contribution >= 4 is 0 Å². The molecule has 1 heteroatoms. The van der Waals surface area contributed by atoms with Crippen LogP contribution >= 0.6 is 0 Å². The van der Waals surface area contributed by atoms with E-state index in [9.17, 15) is 0 Å². The summed E-state index contributed by atoms with van der Waals surface area (Å²) >= 11 is 0. The van der Waals surface area contributed by atoms with Crippen molar-refractivity contribution < 1.29 is 4.74 Å². The molecule has 1 aromatic carbocycles. The summed E-state index contributed by atoms with van der Waals surface area (Å²) in [5, 5.41) is 0. The van der Waals surface area contributed by atoms with Crippen molar-refractivity contribution in [3.8, 4) is 17.6 Å². The molecule has 0 saturated heterocycles. The minimum Gasteiger partial charge on any atom is -0.489 e. The van der Waals surface area contributed by atoms with Gasteiger partial charge in [-0.15, -0.1) is 5.92 Å². The van der Waals surface area contributed by atoms with Gasteiger partial charge in [0.1, 0.15) is 12.4 Å². The predicted octanol–water partition coefficient (Wildman–Crippen LogP) is 6.50. The van der Waals surface area contributed by atoms with Crippen LogP contribution in [0.4, 0.5) is 0 Å². The molecule has 0 amide bonds. The average Bonchev–Trinajstić information content (AvgIpc) is 2.63. The molecule has 0 bridgehead atoms. The normalized spacial score (nSPS) is 18.3. The van der Waals surface area contributed by atoms with Crippen molar-refractivity contribution in [1.29, 1.82) is 0 Å². The molecule has 1 aliphatic carbocycles. The number of rotatable bonds is 8. The van der Waals surface area contributed by atoms with Gasteiger partial charge in [-0.2, -0.15) is 0 Å². The quantitative estimate of drug-likeness (QED) is 0.392. The van der Waals surface area contributed by atoms with Crippen LogP contribution in [0.5, 0.6) is 5.75 Å². The first-order valence-electron chi connectivity index (χ1n) is 9.61. The van der Waals surface area contributed by atoms with Crippen molar-refractivity contribution in [1.82, 2.24) is 0 Å². The Morgan fingerprint density at radius 3 is 2.67 bits per heavy atom. The first kappa shape index (κ1) is 18.7. The molecule has 1 aliphatic rings. The van der Waals surface area contributed by atoms with E-state index in [-0.39, 0.29) is 0 Å². The molecule has 0 heterocycles. The summed E-state index contributed by atoms with van der Waals surface area (Å²) in [6.45, 7) is 7.11. The Hall–Kier alpha value is -1.68. The lowest BCUT2D eigenvalue weighted by molar-refractivity contribution is 0.336. The summed E-state index contributed by atoms with van der Waals surface area (Å²) in [4.78, 5) is 0. The van der Waals surface area contributed by atoms with Crippen LogP contribution in [0.25, 0.3) is 0 Å². The summed E-state index contributed by atoms with van der Waals surface area (Å²) in [6.07, 6.45) is 11.4. The van der Waals surface area contributed by atoms with Crippen molar-refractivity contribution in [2.24, 2.45) is 5.92 Å². The molecule has 1 nitrogen and oxygen atoms in total. The molecule has 130 valence electrons. The fraction of sp³-hybridized carbons (Fsp3) is 0.565. The number of unbranched alkanes of at least 4 members (excludes halogenated alkanes) is 1. The van der Waals surface area contributed by atoms with Crippen molar-refractivity contribution in [2.45, 2.75) is 71.6 Å². The number of benzene rings is 1. The van der Waals surface area contributed by atoms with Gasteiger partial charge in [0.25, 0.3) is 0 Å². The molecular weight excluding hydrogens is 292 g/mol. The fourth-order valence-electron chi connectivity index (χ4n) is 3.47. The molecule has 2 unspecified atom stereocenters. The first-order valence-corrected chi connectivity index (χ1v) is 9.61. The average molecular weight is 325 g/mol. The van der Waals surface area contributed by atoms with Crippen molar-refractivity contribution in [2.75, 3.05) is 6.61 Å². The second-order valence-electron chi connectivity index (χ2n) is 6.83. The van der Waals surface area contributed by atoms with E-state index in [1.54, 1.807) is 0 Å². The van der Waals surface area contributed by atoms with Gasteiger partial charge in [0.2, 0.25) is 0 Å². The third-order valence-electron chi connectivity index (χ3n) is 4.91. The van der Waals surface area contributed by atoms with E-state index in [4.69, 9.17) is 4.74 Å². The van der Waals surface area contributed by atoms with Crippen molar-refractivity contribution in [3.05, 3.63) is 41.5 Å². The van der Waals surface area contributed by atoms with E-state index in [1.807, 2.05) is 6.92 Å². The van der Waals surface area contributed by atoms with Gasteiger partial charge >= 0.3 is 0 Å². The van der Waals surface area contributed by atoms with Crippen LogP contribution in [0, 0.1) is 17.8 Å². The smallest absolute Gasteiger partial charge is 0.119 e. The van der Waals surface area contributed by atoms with E-state index >= 15 is 0 Å². The highest BCUT2D eigenvalue weighted by Gasteiger charge is 2.13. The zero-order valence-corrected chi connectivity index (χ0v) is 15.6. The number of hydrogen-bond acceptors (Lipinski definition) is 1. The van der Waals surface area contributed by atoms with Gasteiger partial charge in [-0.3, -0.25) is 0 Å². The standard InChI is InChI=1S/C23H32O/c1-4-7-10-19-11-8-12-20(17-19)18-24-23-15-13-22(14-16-23)21(6-3)9-5-2/h13-17,19,21H,4,6-8,10-12,18H2,1-3H3. The highest BCUT2D eigenvalue weighted by molar-refractivity contribution is 5.33. The topological polar surface area (TPSA) is 9.23 Å². The zero-order valence-electron chi connectivity index (χ0n) is 15.6. The Morgan fingerprint density at radius 1 is 1.21 bits per heavy atom. The van der Waals surface area contributed by atoms with Crippen LogP contribution in [0.3, 0.4) is 0 Å². The summed E-state index contributed by atoms with van der Waals surface area (Å²) in [5.41, 5.74) is 2.77. The monoisotopic (exact) mass is 324 g/mol. The highest BCUT2D eigenvalue weighted by Crippen LogP contribution is 2.28. The molecule has 2 rings (SSSR count). The lowest BCUT2D eigenvalue weighted by atomic mass is 9.87. The zero-order chi connectivity index (χ0) is 17.2. The van der Waals surface area contributed by atoms with Crippen LogP contribution < -0.4 is 4.74 Å². The van der Waals surface area contributed by atoms with Gasteiger partial charge in [-0.25, -0.2) is 0 Å². The van der Waals surface area contributed by atoms with Gasteiger partial charge in [-0.1, -0.05) is 50.8 Å². The minimum absolute atomic E-state index is 0.337. The van der Waals surface area contributed by atoms with Crippen LogP contribution in [0.2, 0.25) is 0 Å². The summed E-state index contributed by atoms with van der Waals surface area (Å²) in [6, 6.07) is 8.50. The Morgan fingerprint density at radius 2 is 2.00 bits per heavy atom. The first-order chi connectivity index (χ1) is 11.8. The molecule has 0 aromatic heterocycles. The third kappa shape index (κ3) is 5.75. The fourth-order valence-corrected chi connectivity index (χ4v) is 3.47. The predicted molar refractivity (Wildman–Crippen MR) is 103 cm³/mol. The van der Waals surface area contributed by atoms with Gasteiger partial charge in [0.05, 0.1) is 0 Å². The molecule has 24 heavy (non-hydrogen) atoms. The highest BCUT2D eigenvalue weighted by atomic mass is 16.5. The molecule has 1 aromatic rings. The number of ether oxygens (including phenoxy) is 1.